The van der Waals surface area contributed by atoms with Crippen LogP contribution >= 0.6 is 12.4 Å². The summed E-state index contributed by atoms with van der Waals surface area (Å²) in [5.41, 5.74) is 5.25. The van der Waals surface area contributed by atoms with Crippen molar-refractivity contribution in [1.82, 2.24) is 4.90 Å². The van der Waals surface area contributed by atoms with Crippen molar-refractivity contribution in [3.63, 3.8) is 0 Å². The number of likely N-dealkylation sites (N-methyl/N-ethyl adjacent to an activating group) is 1. The molecule has 1 aromatic carbocycles. The molecule has 1 amide bonds. The van der Waals surface area contributed by atoms with Gasteiger partial charge in [-0.05, 0) is 18.6 Å². The van der Waals surface area contributed by atoms with Crippen molar-refractivity contribution in [2.75, 3.05) is 26.7 Å². The highest BCUT2D eigenvalue weighted by Gasteiger charge is 2.04. The first-order chi connectivity index (χ1) is 7.74. The number of hydrogen-bond acceptors (Lipinski definition) is 3. The molecule has 17 heavy (non-hydrogen) atoms. The predicted molar refractivity (Wildman–Crippen MR) is 70.5 cm³/mol. The fourth-order valence-corrected chi connectivity index (χ4v) is 1.29. The van der Waals surface area contributed by atoms with Crippen molar-refractivity contribution in [2.24, 2.45) is 5.73 Å². The van der Waals surface area contributed by atoms with E-state index < -0.39 is 0 Å². The zero-order valence-electron chi connectivity index (χ0n) is 9.96. The predicted octanol–water partition coefficient (Wildman–Crippen LogP) is 1.29. The lowest BCUT2D eigenvalue weighted by Crippen LogP contribution is -2.33. The molecule has 0 aromatic heterocycles. The summed E-state index contributed by atoms with van der Waals surface area (Å²) in [6, 6.07) is 9.63. The third-order valence-electron chi connectivity index (χ3n) is 2.25. The van der Waals surface area contributed by atoms with Gasteiger partial charge in [0.25, 0.3) is 0 Å². The molecule has 0 aliphatic carbocycles. The fourth-order valence-electron chi connectivity index (χ4n) is 1.29. The number of nitrogens with two attached hydrogens (primary N) is 1. The van der Waals surface area contributed by atoms with E-state index in [1.807, 2.05) is 30.3 Å². The molecule has 0 bridgehead atoms. The van der Waals surface area contributed by atoms with Crippen LogP contribution in [-0.4, -0.2) is 37.6 Å². The Morgan fingerprint density at radius 2 is 2.00 bits per heavy atom. The highest BCUT2D eigenvalue weighted by atomic mass is 35.5. The van der Waals surface area contributed by atoms with Crippen LogP contribution in [0.25, 0.3) is 0 Å². The van der Waals surface area contributed by atoms with E-state index >= 15 is 0 Å². The number of hydrogen-bond donors (Lipinski definition) is 1. The molecular formula is C12H19ClN2O2. The Balaban J connectivity index is 0.00000256. The van der Waals surface area contributed by atoms with E-state index in [1.165, 1.54) is 0 Å². The summed E-state index contributed by atoms with van der Waals surface area (Å²) in [5, 5.41) is 0. The summed E-state index contributed by atoms with van der Waals surface area (Å²) in [5.74, 6) is 0.815. The Bertz CT molecular complexity index is 320. The zero-order valence-corrected chi connectivity index (χ0v) is 10.8. The van der Waals surface area contributed by atoms with E-state index in [9.17, 15) is 4.79 Å². The minimum absolute atomic E-state index is 0. The monoisotopic (exact) mass is 258 g/mol. The SMILES string of the molecule is CN(CCCOc1ccccc1)C(=O)CN.Cl. The molecule has 0 spiro atoms. The van der Waals surface area contributed by atoms with E-state index in [0.29, 0.717) is 13.2 Å². The van der Waals surface area contributed by atoms with Gasteiger partial charge in [-0.1, -0.05) is 18.2 Å². The van der Waals surface area contributed by atoms with E-state index in [0.717, 1.165) is 12.2 Å². The van der Waals surface area contributed by atoms with Crippen LogP contribution < -0.4 is 10.5 Å². The molecule has 0 saturated carbocycles. The summed E-state index contributed by atoms with van der Waals surface area (Å²) < 4.78 is 5.50. The standard InChI is InChI=1S/C12H18N2O2.ClH/c1-14(12(15)10-13)8-5-9-16-11-6-3-2-4-7-11;/h2-4,6-7H,5,8-10,13H2,1H3;1H. The molecular weight excluding hydrogens is 240 g/mol. The quantitative estimate of drug-likeness (QED) is 0.783. The molecule has 0 aliphatic heterocycles. The molecule has 5 heteroatoms. The van der Waals surface area contributed by atoms with Crippen molar-refractivity contribution in [3.8, 4) is 5.75 Å². The molecule has 96 valence electrons. The summed E-state index contributed by atoms with van der Waals surface area (Å²) in [6.45, 7) is 1.34. The van der Waals surface area contributed by atoms with Gasteiger partial charge in [-0.2, -0.15) is 0 Å². The Morgan fingerprint density at radius 1 is 1.35 bits per heavy atom. The molecule has 0 atom stereocenters. The van der Waals surface area contributed by atoms with E-state index in [1.54, 1.807) is 11.9 Å². The van der Waals surface area contributed by atoms with Gasteiger partial charge in [-0.15, -0.1) is 12.4 Å². The van der Waals surface area contributed by atoms with Gasteiger partial charge in [0.05, 0.1) is 13.2 Å². The molecule has 2 N–H and O–H groups in total. The van der Waals surface area contributed by atoms with Gasteiger partial charge in [-0.3, -0.25) is 4.79 Å². The minimum Gasteiger partial charge on any atom is -0.494 e. The summed E-state index contributed by atoms with van der Waals surface area (Å²) in [4.78, 5) is 12.8. The Morgan fingerprint density at radius 3 is 2.59 bits per heavy atom. The smallest absolute Gasteiger partial charge is 0.236 e. The average Bonchev–Trinajstić information content (AvgIpc) is 2.34. The van der Waals surface area contributed by atoms with Crippen molar-refractivity contribution in [1.29, 1.82) is 0 Å². The normalized spacial score (nSPS) is 9.29. The zero-order chi connectivity index (χ0) is 11.8. The van der Waals surface area contributed by atoms with Gasteiger partial charge in [0.15, 0.2) is 0 Å². The van der Waals surface area contributed by atoms with Crippen LogP contribution in [0.1, 0.15) is 6.42 Å². The molecule has 0 fully saturated rings. The van der Waals surface area contributed by atoms with Gasteiger partial charge in [0, 0.05) is 13.6 Å². The highest BCUT2D eigenvalue weighted by Crippen LogP contribution is 2.08. The third-order valence-corrected chi connectivity index (χ3v) is 2.25. The molecule has 0 radical (unpaired) electrons. The average molecular weight is 259 g/mol. The summed E-state index contributed by atoms with van der Waals surface area (Å²) in [7, 11) is 1.75. The van der Waals surface area contributed by atoms with Gasteiger partial charge in [-0.25, -0.2) is 0 Å². The maximum atomic E-state index is 11.1. The van der Waals surface area contributed by atoms with Gasteiger partial charge >= 0.3 is 0 Å². The van der Waals surface area contributed by atoms with E-state index in [-0.39, 0.29) is 24.9 Å². The van der Waals surface area contributed by atoms with E-state index in [4.69, 9.17) is 10.5 Å². The Hall–Kier alpha value is -1.26. The molecule has 0 aliphatic rings. The van der Waals surface area contributed by atoms with Crippen LogP contribution in [0.5, 0.6) is 5.75 Å². The molecule has 4 nitrogen and oxygen atoms in total. The van der Waals surface area contributed by atoms with Gasteiger partial charge in [0.1, 0.15) is 5.75 Å². The van der Waals surface area contributed by atoms with Crippen molar-refractivity contribution < 1.29 is 9.53 Å². The minimum atomic E-state index is -0.0419. The number of ether oxygens (including phenoxy) is 1. The lowest BCUT2D eigenvalue weighted by molar-refractivity contribution is -0.128. The lowest BCUT2D eigenvalue weighted by atomic mass is 10.3. The van der Waals surface area contributed by atoms with E-state index in [2.05, 4.69) is 0 Å². The highest BCUT2D eigenvalue weighted by molar-refractivity contribution is 5.85. The molecule has 1 rings (SSSR count). The molecule has 0 saturated heterocycles. The maximum Gasteiger partial charge on any atom is 0.236 e. The first-order valence-corrected chi connectivity index (χ1v) is 5.36. The number of benzene rings is 1. The number of halogens is 1. The van der Waals surface area contributed by atoms with Crippen LogP contribution in [0, 0.1) is 0 Å². The second-order valence-corrected chi connectivity index (χ2v) is 3.53. The van der Waals surface area contributed by atoms with Gasteiger partial charge in [0.2, 0.25) is 5.91 Å². The van der Waals surface area contributed by atoms with Crippen LogP contribution in [-0.2, 0) is 4.79 Å². The van der Waals surface area contributed by atoms with Crippen molar-refractivity contribution in [2.45, 2.75) is 6.42 Å². The topological polar surface area (TPSA) is 55.6 Å². The first-order valence-electron chi connectivity index (χ1n) is 5.36. The van der Waals surface area contributed by atoms with Gasteiger partial charge < -0.3 is 15.4 Å². The van der Waals surface area contributed by atoms with Crippen LogP contribution in [0.3, 0.4) is 0 Å². The third kappa shape index (κ3) is 6.14. The fraction of sp³-hybridized carbons (Fsp3) is 0.417. The molecule has 0 heterocycles. The second kappa shape index (κ2) is 8.84. The van der Waals surface area contributed by atoms with Crippen LogP contribution in [0.2, 0.25) is 0 Å². The lowest BCUT2D eigenvalue weighted by Gasteiger charge is -2.15. The number of amides is 1. The van der Waals surface area contributed by atoms with Crippen molar-refractivity contribution >= 4 is 18.3 Å². The molecule has 0 unspecified atom stereocenters. The Kier molecular flexibility index (Phi) is 8.19. The number of nitrogens with zero attached hydrogens (tertiary/aromatic N) is 1. The van der Waals surface area contributed by atoms with Crippen LogP contribution in [0.4, 0.5) is 0 Å². The first kappa shape index (κ1) is 15.7. The second-order valence-electron chi connectivity index (χ2n) is 3.53. The summed E-state index contributed by atoms with van der Waals surface area (Å²) >= 11 is 0. The molecule has 1 aromatic rings. The number of rotatable bonds is 6. The Labute approximate surface area is 108 Å². The van der Waals surface area contributed by atoms with Crippen molar-refractivity contribution in [3.05, 3.63) is 30.3 Å². The van der Waals surface area contributed by atoms with Crippen LogP contribution in [0.15, 0.2) is 30.3 Å². The number of carbonyl (C=O) groups excluding carboxylic acids is 1. The maximum absolute atomic E-state index is 11.1. The summed E-state index contributed by atoms with van der Waals surface area (Å²) in [6.07, 6.45) is 0.803. The largest absolute Gasteiger partial charge is 0.494 e. The number of para-hydroxylation sites is 1. The number of carbonyl (C=O) groups is 1.